The normalized spacial score (nSPS) is 9.46. The Kier molecular flexibility index (Phi) is 4.65. The van der Waals surface area contributed by atoms with Crippen molar-refractivity contribution in [2.45, 2.75) is 4.90 Å². The van der Waals surface area contributed by atoms with Crippen LogP contribution in [0.2, 0.25) is 0 Å². The zero-order chi connectivity index (χ0) is 9.03. The summed E-state index contributed by atoms with van der Waals surface area (Å²) in [7, 11) is -3.50. The van der Waals surface area contributed by atoms with Gasteiger partial charge in [0.2, 0.25) is 0 Å². The summed E-state index contributed by atoms with van der Waals surface area (Å²) >= 11 is 0. The molecule has 0 saturated carbocycles. The maximum absolute atomic E-state index is 11.2. The Bertz CT molecular complexity index is 394. The first-order chi connectivity index (χ1) is 5.67. The summed E-state index contributed by atoms with van der Waals surface area (Å²) in [6, 6.07) is 9.32. The van der Waals surface area contributed by atoms with E-state index in [0.717, 1.165) is 0 Å². The first-order valence-corrected chi connectivity index (χ1v) is 4.74. The van der Waals surface area contributed by atoms with Crippen molar-refractivity contribution in [3.05, 3.63) is 36.1 Å². The van der Waals surface area contributed by atoms with E-state index in [1.165, 1.54) is 18.2 Å². The third kappa shape index (κ3) is 3.16. The van der Waals surface area contributed by atoms with Crippen LogP contribution in [0.3, 0.4) is 0 Å². The summed E-state index contributed by atoms with van der Waals surface area (Å²) in [4.78, 5) is 0.145. The predicted molar refractivity (Wildman–Crippen MR) is 43.5 cm³/mol. The van der Waals surface area contributed by atoms with Gasteiger partial charge in [0.1, 0.15) is 0 Å². The number of nitriles is 1. The van der Waals surface area contributed by atoms with Crippen LogP contribution < -0.4 is 18.9 Å². The van der Waals surface area contributed by atoms with Crippen LogP contribution in [0.1, 0.15) is 0 Å². The Labute approximate surface area is 89.5 Å². The van der Waals surface area contributed by atoms with Crippen LogP contribution in [0.5, 0.6) is 0 Å². The molecule has 0 aliphatic rings. The second-order valence-electron chi connectivity index (χ2n) is 2.11. The Hall–Kier alpha value is -0.873. The predicted octanol–water partition coefficient (Wildman–Crippen LogP) is -1.85. The molecule has 0 atom stereocenters. The van der Waals surface area contributed by atoms with Crippen molar-refractivity contribution in [3.8, 4) is 6.07 Å². The minimum Gasteiger partial charge on any atom is -0.253 e. The van der Waals surface area contributed by atoms with Crippen LogP contribution >= 0.6 is 0 Å². The van der Waals surface area contributed by atoms with E-state index in [2.05, 4.69) is 0 Å². The Balaban J connectivity index is 0.00000144. The van der Waals surface area contributed by atoms with Gasteiger partial charge in [0.15, 0.2) is 0 Å². The van der Waals surface area contributed by atoms with Crippen molar-refractivity contribution in [1.82, 2.24) is 0 Å². The average Bonchev–Trinajstić information content (AvgIpc) is 2.06. The maximum atomic E-state index is 11.2. The molecule has 0 radical (unpaired) electrons. The third-order valence-electron chi connectivity index (χ3n) is 1.28. The van der Waals surface area contributed by atoms with Gasteiger partial charge >= 0.3 is 18.9 Å². The van der Waals surface area contributed by atoms with Gasteiger partial charge in [-0.3, -0.25) is 8.42 Å². The second-order valence-corrected chi connectivity index (χ2v) is 3.90. The molecule has 0 aliphatic carbocycles. The molecule has 0 heterocycles. The summed E-state index contributed by atoms with van der Waals surface area (Å²) in [5.41, 5.74) is 0. The number of sulfone groups is 1. The fourth-order valence-corrected chi connectivity index (χ4v) is 1.56. The first kappa shape index (κ1) is 12.1. The molecule has 1 aromatic rings. The number of nitrogens with zero attached hydrogens (tertiary/aromatic N) is 1. The molecule has 0 fully saturated rings. The molecule has 1 aromatic carbocycles. The quantitative estimate of drug-likeness (QED) is 0.403. The van der Waals surface area contributed by atoms with Crippen LogP contribution in [0.25, 0.3) is 0 Å². The van der Waals surface area contributed by atoms with Crippen LogP contribution in [0, 0.1) is 17.1 Å². The van der Waals surface area contributed by atoms with Crippen molar-refractivity contribution >= 4 is 9.84 Å². The molecule has 0 N–H and O–H groups in total. The second kappa shape index (κ2) is 4.99. The van der Waals surface area contributed by atoms with Crippen LogP contribution in [-0.2, 0) is 9.84 Å². The van der Waals surface area contributed by atoms with Crippen LogP contribution in [0.4, 0.5) is 0 Å². The van der Waals surface area contributed by atoms with Gasteiger partial charge in [-0.2, -0.15) is 5.75 Å². The fraction of sp³-hybridized carbons (Fsp3) is 0. The molecule has 0 aliphatic heterocycles. The summed E-state index contributed by atoms with van der Waals surface area (Å²) in [5.74, 6) is 0.627. The summed E-state index contributed by atoms with van der Waals surface area (Å²) < 4.78 is 22.3. The fourth-order valence-electron chi connectivity index (χ4n) is 0.748. The van der Waals surface area contributed by atoms with E-state index in [4.69, 9.17) is 5.26 Å². The topological polar surface area (TPSA) is 57.9 Å². The minimum absolute atomic E-state index is 0. The van der Waals surface area contributed by atoms with E-state index in [1.807, 2.05) is 0 Å². The molecule has 62 valence electrons. The SMILES string of the molecule is N#C[CH-]S(=O)(=O)c1ccccc1.[Li+]. The molecule has 0 aromatic heterocycles. The molecule has 3 nitrogen and oxygen atoms in total. The zero-order valence-corrected chi connectivity index (χ0v) is 7.95. The molecule has 0 spiro atoms. The van der Waals surface area contributed by atoms with E-state index in [1.54, 1.807) is 18.2 Å². The van der Waals surface area contributed by atoms with Crippen molar-refractivity contribution < 1.29 is 27.3 Å². The van der Waals surface area contributed by atoms with Crippen molar-refractivity contribution in [2.24, 2.45) is 0 Å². The molecule has 0 unspecified atom stereocenters. The standard InChI is InChI=1S/C8H6NO2S.Li/c9-6-7-12(10,11)8-4-2-1-3-5-8;/h1-5,7H;/q-1;+1. The van der Waals surface area contributed by atoms with Gasteiger partial charge in [-0.1, -0.05) is 24.3 Å². The smallest absolute Gasteiger partial charge is 0.253 e. The minimum atomic E-state index is -3.50. The van der Waals surface area contributed by atoms with E-state index >= 15 is 0 Å². The summed E-state index contributed by atoms with van der Waals surface area (Å²) in [6.45, 7) is 0. The van der Waals surface area contributed by atoms with Gasteiger partial charge in [0.05, 0.1) is 9.84 Å². The molecular formula is C8H6LiNO2S. The van der Waals surface area contributed by atoms with Gasteiger partial charge in [-0.25, -0.2) is 5.26 Å². The maximum Gasteiger partial charge on any atom is 1.00 e. The zero-order valence-electron chi connectivity index (χ0n) is 7.14. The molecule has 0 saturated heterocycles. The number of benzene rings is 1. The largest absolute Gasteiger partial charge is 1.00 e. The van der Waals surface area contributed by atoms with Gasteiger partial charge in [-0.15, -0.1) is 0 Å². The Morgan fingerprint density at radius 3 is 2.23 bits per heavy atom. The number of hydrogen-bond donors (Lipinski definition) is 0. The van der Waals surface area contributed by atoms with E-state index < -0.39 is 9.84 Å². The van der Waals surface area contributed by atoms with Gasteiger partial charge < -0.3 is 0 Å². The molecule has 0 bridgehead atoms. The van der Waals surface area contributed by atoms with Crippen molar-refractivity contribution in [3.63, 3.8) is 0 Å². The van der Waals surface area contributed by atoms with Gasteiger partial charge in [-0.05, 0) is 12.1 Å². The van der Waals surface area contributed by atoms with Crippen molar-refractivity contribution in [2.75, 3.05) is 0 Å². The average molecular weight is 187 g/mol. The summed E-state index contributed by atoms with van der Waals surface area (Å²) in [5, 5.41) is 8.18. The van der Waals surface area contributed by atoms with E-state index in [9.17, 15) is 8.42 Å². The Morgan fingerprint density at radius 1 is 1.23 bits per heavy atom. The number of hydrogen-bond acceptors (Lipinski definition) is 3. The van der Waals surface area contributed by atoms with Crippen molar-refractivity contribution in [1.29, 1.82) is 5.26 Å². The molecule has 0 amide bonds. The van der Waals surface area contributed by atoms with E-state index in [-0.39, 0.29) is 23.8 Å². The monoisotopic (exact) mass is 187 g/mol. The van der Waals surface area contributed by atoms with Gasteiger partial charge in [0.25, 0.3) is 0 Å². The number of rotatable bonds is 2. The molecule has 5 heteroatoms. The Morgan fingerprint density at radius 2 is 1.77 bits per heavy atom. The van der Waals surface area contributed by atoms with Gasteiger partial charge in [0, 0.05) is 4.90 Å². The van der Waals surface area contributed by atoms with Crippen LogP contribution in [-0.4, -0.2) is 8.42 Å². The molecular weight excluding hydrogens is 181 g/mol. The molecule has 13 heavy (non-hydrogen) atoms. The summed E-state index contributed by atoms with van der Waals surface area (Å²) in [6.07, 6.45) is 0. The van der Waals surface area contributed by atoms with E-state index in [0.29, 0.717) is 5.75 Å². The third-order valence-corrected chi connectivity index (χ3v) is 2.62. The van der Waals surface area contributed by atoms with Crippen LogP contribution in [0.15, 0.2) is 35.2 Å². The molecule has 1 rings (SSSR count). The first-order valence-electron chi connectivity index (χ1n) is 3.20.